The fourth-order valence-electron chi connectivity index (χ4n) is 2.09. The maximum Gasteiger partial charge on any atom is 0.246 e. The van der Waals surface area contributed by atoms with Crippen molar-refractivity contribution in [2.45, 2.75) is 19.8 Å². The highest BCUT2D eigenvalue weighted by Gasteiger charge is 2.14. The Labute approximate surface area is 113 Å². The van der Waals surface area contributed by atoms with E-state index in [0.29, 0.717) is 0 Å². The second-order valence-corrected chi connectivity index (χ2v) is 4.67. The molecular formula is C15H18N2O2. The maximum absolute atomic E-state index is 11.8. The third-order valence-electron chi connectivity index (χ3n) is 3.07. The molecule has 1 aromatic carbocycles. The van der Waals surface area contributed by atoms with Gasteiger partial charge in [0.15, 0.2) is 0 Å². The summed E-state index contributed by atoms with van der Waals surface area (Å²) in [7, 11) is 0. The van der Waals surface area contributed by atoms with Gasteiger partial charge in [-0.2, -0.15) is 0 Å². The van der Waals surface area contributed by atoms with Crippen LogP contribution in [0.1, 0.15) is 25.3 Å². The summed E-state index contributed by atoms with van der Waals surface area (Å²) in [6.45, 7) is 3.21. The van der Waals surface area contributed by atoms with Crippen molar-refractivity contribution in [2.75, 3.05) is 18.4 Å². The van der Waals surface area contributed by atoms with Gasteiger partial charge in [0, 0.05) is 31.8 Å². The van der Waals surface area contributed by atoms with Gasteiger partial charge in [-0.1, -0.05) is 12.1 Å². The van der Waals surface area contributed by atoms with Crippen LogP contribution in [0.15, 0.2) is 30.3 Å². The molecule has 0 spiro atoms. The molecule has 1 aliphatic heterocycles. The number of amides is 2. The van der Waals surface area contributed by atoms with E-state index in [1.807, 2.05) is 29.2 Å². The van der Waals surface area contributed by atoms with Crippen molar-refractivity contribution >= 4 is 23.6 Å². The van der Waals surface area contributed by atoms with Crippen molar-refractivity contribution in [3.8, 4) is 0 Å². The van der Waals surface area contributed by atoms with Gasteiger partial charge >= 0.3 is 0 Å². The fourth-order valence-corrected chi connectivity index (χ4v) is 2.09. The first-order valence-corrected chi connectivity index (χ1v) is 6.50. The molecule has 2 amide bonds. The van der Waals surface area contributed by atoms with Gasteiger partial charge in [-0.25, -0.2) is 0 Å². The smallest absolute Gasteiger partial charge is 0.246 e. The normalized spacial score (nSPS) is 14.9. The van der Waals surface area contributed by atoms with Crippen molar-refractivity contribution in [1.82, 2.24) is 4.90 Å². The van der Waals surface area contributed by atoms with Gasteiger partial charge in [-0.3, -0.25) is 9.59 Å². The lowest BCUT2D eigenvalue weighted by molar-refractivity contribution is -0.124. The number of nitrogens with one attached hydrogen (secondary N) is 1. The van der Waals surface area contributed by atoms with Crippen LogP contribution in [0.25, 0.3) is 6.08 Å². The molecule has 0 unspecified atom stereocenters. The number of benzene rings is 1. The maximum atomic E-state index is 11.8. The Kier molecular flexibility index (Phi) is 4.34. The molecule has 0 bridgehead atoms. The van der Waals surface area contributed by atoms with Crippen LogP contribution in [0, 0.1) is 0 Å². The number of carbonyl (C=O) groups excluding carboxylic acids is 2. The highest BCUT2D eigenvalue weighted by atomic mass is 16.2. The SMILES string of the molecule is CC(=O)Nc1ccc(/C=C/C(=O)N2CCCC2)cc1. The monoisotopic (exact) mass is 258 g/mol. The molecule has 100 valence electrons. The van der Waals surface area contributed by atoms with E-state index < -0.39 is 0 Å². The Morgan fingerprint density at radius 1 is 1.16 bits per heavy atom. The van der Waals surface area contributed by atoms with Crippen molar-refractivity contribution in [2.24, 2.45) is 0 Å². The second-order valence-electron chi connectivity index (χ2n) is 4.67. The van der Waals surface area contributed by atoms with Gasteiger partial charge in [0.25, 0.3) is 0 Å². The number of hydrogen-bond donors (Lipinski definition) is 1. The minimum Gasteiger partial charge on any atom is -0.339 e. The van der Waals surface area contributed by atoms with Crippen LogP contribution in [0.5, 0.6) is 0 Å². The molecule has 1 fully saturated rings. The summed E-state index contributed by atoms with van der Waals surface area (Å²) in [4.78, 5) is 24.6. The molecule has 1 aromatic rings. The van der Waals surface area contributed by atoms with E-state index >= 15 is 0 Å². The lowest BCUT2D eigenvalue weighted by Crippen LogP contribution is -2.25. The van der Waals surface area contributed by atoms with E-state index in [1.165, 1.54) is 6.92 Å². The molecule has 0 aliphatic carbocycles. The predicted molar refractivity (Wildman–Crippen MR) is 75.6 cm³/mol. The summed E-state index contributed by atoms with van der Waals surface area (Å²) >= 11 is 0. The van der Waals surface area contributed by atoms with E-state index in [4.69, 9.17) is 0 Å². The molecule has 0 saturated carbocycles. The first-order chi connectivity index (χ1) is 9.15. The van der Waals surface area contributed by atoms with Crippen LogP contribution >= 0.6 is 0 Å². The number of hydrogen-bond acceptors (Lipinski definition) is 2. The second kappa shape index (κ2) is 6.18. The fraction of sp³-hybridized carbons (Fsp3) is 0.333. The molecule has 1 aliphatic rings. The van der Waals surface area contributed by atoms with Crippen LogP contribution in [0.3, 0.4) is 0 Å². The predicted octanol–water partition coefficient (Wildman–Crippen LogP) is 2.28. The molecule has 4 nitrogen and oxygen atoms in total. The minimum absolute atomic E-state index is 0.0726. The average Bonchev–Trinajstić information content (AvgIpc) is 2.91. The van der Waals surface area contributed by atoms with Crippen LogP contribution in [0.2, 0.25) is 0 Å². The van der Waals surface area contributed by atoms with E-state index in [9.17, 15) is 9.59 Å². The van der Waals surface area contributed by atoms with Crippen LogP contribution < -0.4 is 5.32 Å². The topological polar surface area (TPSA) is 49.4 Å². The van der Waals surface area contributed by atoms with Crippen molar-refractivity contribution in [1.29, 1.82) is 0 Å². The summed E-state index contributed by atoms with van der Waals surface area (Å²) in [6.07, 6.45) is 5.62. The number of nitrogens with zero attached hydrogens (tertiary/aromatic N) is 1. The Bertz CT molecular complexity index is 485. The zero-order valence-corrected chi connectivity index (χ0v) is 11.1. The van der Waals surface area contributed by atoms with Crippen molar-refractivity contribution in [3.63, 3.8) is 0 Å². The van der Waals surface area contributed by atoms with Crippen molar-refractivity contribution < 1.29 is 9.59 Å². The summed E-state index contributed by atoms with van der Waals surface area (Å²) in [5.74, 6) is -0.0176. The highest BCUT2D eigenvalue weighted by molar-refractivity contribution is 5.92. The standard InChI is InChI=1S/C15H18N2O2/c1-12(18)16-14-7-4-13(5-8-14)6-9-15(19)17-10-2-3-11-17/h4-9H,2-3,10-11H2,1H3,(H,16,18)/b9-6+. The van der Waals surface area contributed by atoms with E-state index in [1.54, 1.807) is 12.2 Å². The quantitative estimate of drug-likeness (QED) is 0.846. The van der Waals surface area contributed by atoms with Gasteiger partial charge < -0.3 is 10.2 Å². The van der Waals surface area contributed by atoms with Crippen LogP contribution in [-0.2, 0) is 9.59 Å². The molecule has 4 heteroatoms. The van der Waals surface area contributed by atoms with Gasteiger partial charge in [0.1, 0.15) is 0 Å². The van der Waals surface area contributed by atoms with Crippen molar-refractivity contribution in [3.05, 3.63) is 35.9 Å². The lowest BCUT2D eigenvalue weighted by Gasteiger charge is -2.11. The molecule has 1 heterocycles. The molecule has 2 rings (SSSR count). The zero-order valence-electron chi connectivity index (χ0n) is 11.1. The van der Waals surface area contributed by atoms with Gasteiger partial charge in [-0.15, -0.1) is 0 Å². The zero-order chi connectivity index (χ0) is 13.7. The highest BCUT2D eigenvalue weighted by Crippen LogP contribution is 2.12. The van der Waals surface area contributed by atoms with Gasteiger partial charge in [0.2, 0.25) is 11.8 Å². The average molecular weight is 258 g/mol. The van der Waals surface area contributed by atoms with Gasteiger partial charge in [-0.05, 0) is 36.6 Å². The first-order valence-electron chi connectivity index (χ1n) is 6.50. The van der Waals surface area contributed by atoms with Crippen LogP contribution in [0.4, 0.5) is 5.69 Å². The molecule has 1 saturated heterocycles. The van der Waals surface area contributed by atoms with E-state index in [-0.39, 0.29) is 11.8 Å². The lowest BCUT2D eigenvalue weighted by atomic mass is 10.2. The Morgan fingerprint density at radius 3 is 2.37 bits per heavy atom. The number of rotatable bonds is 3. The number of anilines is 1. The molecule has 0 radical (unpaired) electrons. The van der Waals surface area contributed by atoms with E-state index in [0.717, 1.165) is 37.2 Å². The summed E-state index contributed by atoms with van der Waals surface area (Å²) in [5.41, 5.74) is 1.71. The molecule has 0 atom stereocenters. The Balaban J connectivity index is 1.94. The molecule has 1 N–H and O–H groups in total. The third-order valence-corrected chi connectivity index (χ3v) is 3.07. The number of carbonyl (C=O) groups is 2. The first kappa shape index (κ1) is 13.3. The Morgan fingerprint density at radius 2 is 1.79 bits per heavy atom. The Hall–Kier alpha value is -2.10. The summed E-state index contributed by atoms with van der Waals surface area (Å²) in [6, 6.07) is 7.39. The number of likely N-dealkylation sites (tertiary alicyclic amines) is 1. The molecular weight excluding hydrogens is 240 g/mol. The van der Waals surface area contributed by atoms with E-state index in [2.05, 4.69) is 5.32 Å². The molecule has 19 heavy (non-hydrogen) atoms. The molecule has 0 aromatic heterocycles. The summed E-state index contributed by atoms with van der Waals surface area (Å²) < 4.78 is 0. The largest absolute Gasteiger partial charge is 0.339 e. The summed E-state index contributed by atoms with van der Waals surface area (Å²) in [5, 5.41) is 2.70. The minimum atomic E-state index is -0.0903. The van der Waals surface area contributed by atoms with Gasteiger partial charge in [0.05, 0.1) is 0 Å². The third kappa shape index (κ3) is 3.95. The van der Waals surface area contributed by atoms with Crippen LogP contribution in [-0.4, -0.2) is 29.8 Å².